The van der Waals surface area contributed by atoms with Crippen molar-refractivity contribution in [1.29, 1.82) is 0 Å². The molecule has 2 aromatic rings. The van der Waals surface area contributed by atoms with E-state index in [2.05, 4.69) is 10.6 Å². The molecule has 0 bridgehead atoms. The number of nitrogens with zero attached hydrogens (tertiary/aromatic N) is 1. The number of nitrogens with one attached hydrogen (secondary N) is 2. The van der Waals surface area contributed by atoms with Crippen molar-refractivity contribution in [2.45, 2.75) is 45.1 Å². The van der Waals surface area contributed by atoms with Gasteiger partial charge in [0.05, 0.1) is 5.56 Å². The zero-order valence-corrected chi connectivity index (χ0v) is 20.8. The van der Waals surface area contributed by atoms with Crippen molar-refractivity contribution in [3.05, 3.63) is 65.2 Å². The third-order valence-electron chi connectivity index (χ3n) is 5.77. The number of likely N-dealkylation sites (tertiary alicyclic amines) is 1. The molecule has 0 aliphatic carbocycles. The van der Waals surface area contributed by atoms with Gasteiger partial charge in [0.15, 0.2) is 0 Å². The second kappa shape index (κ2) is 13.3. The summed E-state index contributed by atoms with van der Waals surface area (Å²) in [6.07, 6.45) is -8.04. The molecule has 2 aromatic carbocycles. The molecule has 1 heterocycles. The minimum Gasteiger partial charge on any atom is -0.380 e. The van der Waals surface area contributed by atoms with Crippen molar-refractivity contribution in [1.82, 2.24) is 10.2 Å². The third-order valence-corrected chi connectivity index (χ3v) is 5.77. The molecule has 0 aromatic heterocycles. The zero-order chi connectivity index (χ0) is 28.5. The smallest absolute Gasteiger partial charge is 0.380 e. The highest BCUT2D eigenvalue weighted by molar-refractivity contribution is 5.97. The highest BCUT2D eigenvalue weighted by atomic mass is 19.4. The van der Waals surface area contributed by atoms with E-state index in [-0.39, 0.29) is 23.8 Å². The topological polar surface area (TPSA) is 78.5 Å². The lowest BCUT2D eigenvalue weighted by atomic mass is 10.0. The molecule has 6 nitrogen and oxygen atoms in total. The summed E-state index contributed by atoms with van der Waals surface area (Å²) in [4.78, 5) is 35.5. The summed E-state index contributed by atoms with van der Waals surface area (Å²) in [5.74, 6) is -0.168. The van der Waals surface area contributed by atoms with Gasteiger partial charge in [0, 0.05) is 42.5 Å². The molecule has 1 saturated heterocycles. The fourth-order valence-electron chi connectivity index (χ4n) is 3.59. The molecule has 1 aliphatic heterocycles. The Morgan fingerprint density at radius 1 is 0.895 bits per heavy atom. The van der Waals surface area contributed by atoms with Gasteiger partial charge in [-0.15, -0.1) is 0 Å². The first-order chi connectivity index (χ1) is 17.7. The van der Waals surface area contributed by atoms with E-state index in [9.17, 15) is 35.9 Å². The van der Waals surface area contributed by atoms with Crippen LogP contribution in [0.5, 0.6) is 0 Å². The summed E-state index contributed by atoms with van der Waals surface area (Å²) in [5.41, 5.74) is 0.854. The molecule has 0 unspecified atom stereocenters. The minimum absolute atomic E-state index is 0.0185. The Balaban J connectivity index is 0.000000757. The lowest BCUT2D eigenvalue weighted by Gasteiger charge is -2.24. The maximum Gasteiger partial charge on any atom is 0.446 e. The molecule has 0 saturated carbocycles. The molecular weight excluding hydrogens is 516 g/mol. The van der Waals surface area contributed by atoms with E-state index in [1.54, 1.807) is 24.3 Å². The Bertz CT molecular complexity index is 1060. The first-order valence-corrected chi connectivity index (χ1v) is 11.9. The van der Waals surface area contributed by atoms with Gasteiger partial charge in [0.25, 0.3) is 11.8 Å². The van der Waals surface area contributed by atoms with Crippen molar-refractivity contribution >= 4 is 23.8 Å². The first kappa shape index (κ1) is 30.7. The molecule has 0 radical (unpaired) electrons. The predicted molar refractivity (Wildman–Crippen MR) is 130 cm³/mol. The molecule has 1 aliphatic rings. The van der Waals surface area contributed by atoms with E-state index >= 15 is 0 Å². The minimum atomic E-state index is -4.64. The van der Waals surface area contributed by atoms with E-state index in [0.29, 0.717) is 23.4 Å². The van der Waals surface area contributed by atoms with Gasteiger partial charge in [0.2, 0.25) is 6.29 Å². The van der Waals surface area contributed by atoms with Gasteiger partial charge in [-0.05, 0) is 67.3 Å². The fraction of sp³-hybridized carbons (Fsp3) is 0.423. The summed E-state index contributed by atoms with van der Waals surface area (Å²) in [6, 6.07) is 11.2. The van der Waals surface area contributed by atoms with Crippen LogP contribution in [-0.4, -0.2) is 54.9 Å². The van der Waals surface area contributed by atoms with Gasteiger partial charge in [-0.1, -0.05) is 13.8 Å². The highest BCUT2D eigenvalue weighted by Crippen LogP contribution is 2.30. The molecule has 0 spiro atoms. The standard InChI is InChI=1S/C24H28F3N3O2.C2HF3O/c1-16(2)21(29-20-11-9-19(10-12-20)24(25,26)27)15-28-22(31)17-5-7-18(8-6-17)23(32)30-13-3-4-14-30;3-2(4,5)1-6/h5-12,16,21,29H,3-4,13-15H2,1-2H3,(H,28,31);1H/t21-;/m0./s1. The van der Waals surface area contributed by atoms with Crippen LogP contribution in [0.25, 0.3) is 0 Å². The lowest BCUT2D eigenvalue weighted by molar-refractivity contribution is -0.156. The van der Waals surface area contributed by atoms with Crippen LogP contribution in [0.15, 0.2) is 48.5 Å². The van der Waals surface area contributed by atoms with Crippen molar-refractivity contribution in [3.8, 4) is 0 Å². The Labute approximate surface area is 216 Å². The van der Waals surface area contributed by atoms with E-state index < -0.39 is 24.2 Å². The zero-order valence-electron chi connectivity index (χ0n) is 20.8. The quantitative estimate of drug-likeness (QED) is 0.353. The monoisotopic (exact) mass is 545 g/mol. The van der Waals surface area contributed by atoms with Crippen LogP contribution in [-0.2, 0) is 11.0 Å². The average molecular weight is 546 g/mol. The largest absolute Gasteiger partial charge is 0.446 e. The maximum absolute atomic E-state index is 12.7. The molecule has 38 heavy (non-hydrogen) atoms. The second-order valence-electron chi connectivity index (χ2n) is 9.02. The van der Waals surface area contributed by atoms with Gasteiger partial charge in [0.1, 0.15) is 0 Å². The van der Waals surface area contributed by atoms with Gasteiger partial charge in [-0.25, -0.2) is 0 Å². The van der Waals surface area contributed by atoms with Crippen molar-refractivity contribution in [3.63, 3.8) is 0 Å². The van der Waals surface area contributed by atoms with Crippen molar-refractivity contribution in [2.24, 2.45) is 5.92 Å². The van der Waals surface area contributed by atoms with Crippen molar-refractivity contribution < 1.29 is 40.7 Å². The fourth-order valence-corrected chi connectivity index (χ4v) is 3.59. The summed E-state index contributed by atoms with van der Waals surface area (Å²) >= 11 is 0. The Hall–Kier alpha value is -3.57. The Kier molecular flexibility index (Phi) is 10.7. The lowest BCUT2D eigenvalue weighted by Crippen LogP contribution is -2.39. The van der Waals surface area contributed by atoms with Crippen molar-refractivity contribution in [2.75, 3.05) is 25.0 Å². The van der Waals surface area contributed by atoms with Crippen LogP contribution in [0.1, 0.15) is 53.0 Å². The number of carbonyl (C=O) groups excluding carboxylic acids is 3. The summed E-state index contributed by atoms with van der Waals surface area (Å²) in [5, 5.41) is 6.05. The van der Waals surface area contributed by atoms with Crippen LogP contribution in [0, 0.1) is 5.92 Å². The number of anilines is 1. The third kappa shape index (κ3) is 9.71. The highest BCUT2D eigenvalue weighted by Gasteiger charge is 2.30. The van der Waals surface area contributed by atoms with Gasteiger partial charge in [-0.2, -0.15) is 26.3 Å². The second-order valence-corrected chi connectivity index (χ2v) is 9.02. The number of halogens is 6. The SMILES string of the molecule is CC(C)[C@H](CNC(=O)c1ccc(C(=O)N2CCCC2)cc1)Nc1ccc(C(F)(F)F)cc1.O=CC(F)(F)F. The number of benzene rings is 2. The van der Waals surface area contributed by atoms with E-state index in [1.165, 1.54) is 12.1 Å². The Morgan fingerprint density at radius 2 is 1.39 bits per heavy atom. The van der Waals surface area contributed by atoms with Crippen LogP contribution in [0.2, 0.25) is 0 Å². The molecule has 208 valence electrons. The predicted octanol–water partition coefficient (Wildman–Crippen LogP) is 5.56. The molecule has 1 fully saturated rings. The maximum atomic E-state index is 12.7. The van der Waals surface area contributed by atoms with Crippen LogP contribution >= 0.6 is 0 Å². The van der Waals surface area contributed by atoms with Crippen LogP contribution in [0.3, 0.4) is 0 Å². The summed E-state index contributed by atoms with van der Waals surface area (Å²) < 4.78 is 69.5. The number of aldehydes is 1. The normalized spacial score (nSPS) is 14.4. The molecular formula is C26H29F6N3O3. The molecule has 2 N–H and O–H groups in total. The molecule has 1 atom stereocenters. The number of hydrogen-bond acceptors (Lipinski definition) is 4. The van der Waals surface area contributed by atoms with E-state index in [4.69, 9.17) is 4.79 Å². The number of rotatable bonds is 7. The summed E-state index contributed by atoms with van der Waals surface area (Å²) in [7, 11) is 0. The van der Waals surface area contributed by atoms with Crippen LogP contribution < -0.4 is 10.6 Å². The first-order valence-electron chi connectivity index (χ1n) is 11.9. The average Bonchev–Trinajstić information content (AvgIpc) is 3.40. The van der Waals surface area contributed by atoms with Gasteiger partial charge >= 0.3 is 12.4 Å². The van der Waals surface area contributed by atoms with E-state index in [1.807, 2.05) is 18.7 Å². The van der Waals surface area contributed by atoms with Gasteiger partial charge in [-0.3, -0.25) is 14.4 Å². The number of amides is 2. The number of carbonyl (C=O) groups is 3. The Morgan fingerprint density at radius 3 is 1.84 bits per heavy atom. The van der Waals surface area contributed by atoms with Crippen LogP contribution in [0.4, 0.5) is 32.0 Å². The summed E-state index contributed by atoms with van der Waals surface area (Å²) in [6.45, 7) is 5.76. The molecule has 12 heteroatoms. The van der Waals surface area contributed by atoms with E-state index in [0.717, 1.165) is 38.1 Å². The molecule has 2 amide bonds. The van der Waals surface area contributed by atoms with Gasteiger partial charge < -0.3 is 15.5 Å². The number of alkyl halides is 6. The molecule has 3 rings (SSSR count). The number of hydrogen-bond donors (Lipinski definition) is 2.